The van der Waals surface area contributed by atoms with Gasteiger partial charge in [-0.25, -0.2) is 4.79 Å². The third-order valence-corrected chi connectivity index (χ3v) is 6.83. The van der Waals surface area contributed by atoms with Crippen LogP contribution in [0.1, 0.15) is 58.6 Å². The van der Waals surface area contributed by atoms with Crippen LogP contribution in [0.3, 0.4) is 0 Å². The number of amides is 2. The Morgan fingerprint density at radius 3 is 2.10 bits per heavy atom. The standard InChI is InChI=1S/C30H35N3O2.C2HF3O2/c1-22-15-17-25(18-16-22)29(34)33-27(30(35)32-21-23-10-4-2-5-11-23)14-8-9-19-31-28-20-26(28)24-12-6-3-7-13-24;3-2(4,5)1(6)7/h2-7,10-13,15-18,26-28,31H,8-9,14,19-21H2,1H3,(H,32,35)(H,33,34);(H,6,7)/t26-,27?,28+;/m0./s1. The Balaban J connectivity index is 0.000000616. The van der Waals surface area contributed by atoms with Crippen LogP contribution in [0.4, 0.5) is 13.2 Å². The van der Waals surface area contributed by atoms with Gasteiger partial charge in [0, 0.05) is 24.1 Å². The zero-order valence-electron chi connectivity index (χ0n) is 23.4. The van der Waals surface area contributed by atoms with Crippen molar-refractivity contribution in [2.24, 2.45) is 0 Å². The van der Waals surface area contributed by atoms with Crippen LogP contribution in [0.5, 0.6) is 0 Å². The first-order valence-corrected chi connectivity index (χ1v) is 13.8. The van der Waals surface area contributed by atoms with E-state index < -0.39 is 18.2 Å². The van der Waals surface area contributed by atoms with Crippen LogP contribution in [0.2, 0.25) is 0 Å². The van der Waals surface area contributed by atoms with E-state index in [1.807, 2.05) is 49.4 Å². The molecule has 2 amide bonds. The Kier molecular flexibility index (Phi) is 12.1. The molecule has 0 heterocycles. The molecule has 224 valence electrons. The number of carbonyl (C=O) groups is 3. The average molecular weight is 584 g/mol. The molecule has 0 saturated heterocycles. The predicted molar refractivity (Wildman–Crippen MR) is 154 cm³/mol. The lowest BCUT2D eigenvalue weighted by Gasteiger charge is -2.19. The minimum atomic E-state index is -5.08. The van der Waals surface area contributed by atoms with Gasteiger partial charge in [0.1, 0.15) is 6.04 Å². The Bertz CT molecular complexity index is 1290. The number of hydrogen-bond donors (Lipinski definition) is 4. The van der Waals surface area contributed by atoms with E-state index in [2.05, 4.69) is 46.3 Å². The van der Waals surface area contributed by atoms with Crippen molar-refractivity contribution in [3.8, 4) is 0 Å². The van der Waals surface area contributed by atoms with Gasteiger partial charge in [0.2, 0.25) is 5.91 Å². The third kappa shape index (κ3) is 11.0. The van der Waals surface area contributed by atoms with Crippen LogP contribution < -0.4 is 16.0 Å². The van der Waals surface area contributed by atoms with E-state index in [-0.39, 0.29) is 11.8 Å². The highest BCUT2D eigenvalue weighted by atomic mass is 19.4. The summed E-state index contributed by atoms with van der Waals surface area (Å²) < 4.78 is 31.7. The molecule has 42 heavy (non-hydrogen) atoms. The maximum Gasteiger partial charge on any atom is 0.490 e. The first-order chi connectivity index (χ1) is 20.0. The van der Waals surface area contributed by atoms with E-state index in [0.717, 1.165) is 30.5 Å². The van der Waals surface area contributed by atoms with Gasteiger partial charge in [-0.1, -0.05) is 78.4 Å². The molecule has 3 aromatic carbocycles. The van der Waals surface area contributed by atoms with Crippen molar-refractivity contribution in [2.45, 2.75) is 63.3 Å². The van der Waals surface area contributed by atoms with E-state index in [9.17, 15) is 22.8 Å². The molecule has 4 N–H and O–H groups in total. The minimum Gasteiger partial charge on any atom is -0.475 e. The lowest BCUT2D eigenvalue weighted by molar-refractivity contribution is -0.192. The number of aliphatic carboxylic acids is 1. The number of carboxylic acid groups (broad SMARTS) is 1. The summed E-state index contributed by atoms with van der Waals surface area (Å²) in [5.74, 6) is -2.51. The Labute approximate surface area is 243 Å². The Morgan fingerprint density at radius 1 is 0.905 bits per heavy atom. The Morgan fingerprint density at radius 2 is 1.50 bits per heavy atom. The van der Waals surface area contributed by atoms with E-state index in [4.69, 9.17) is 9.90 Å². The predicted octanol–water partition coefficient (Wildman–Crippen LogP) is 5.36. The SMILES string of the molecule is Cc1ccc(C(=O)NC(CCCCN[C@@H]2C[C@H]2c2ccccc2)C(=O)NCc2ccccc2)cc1.O=C(O)C(F)(F)F. The van der Waals surface area contributed by atoms with Crippen molar-refractivity contribution in [3.05, 3.63) is 107 Å². The molecular weight excluding hydrogens is 547 g/mol. The summed E-state index contributed by atoms with van der Waals surface area (Å²) in [7, 11) is 0. The van der Waals surface area contributed by atoms with Crippen molar-refractivity contribution in [3.63, 3.8) is 0 Å². The second kappa shape index (κ2) is 15.7. The van der Waals surface area contributed by atoms with Crippen molar-refractivity contribution in [2.75, 3.05) is 6.54 Å². The number of halogens is 3. The van der Waals surface area contributed by atoms with Crippen LogP contribution in [0.25, 0.3) is 0 Å². The van der Waals surface area contributed by atoms with E-state index >= 15 is 0 Å². The molecule has 1 saturated carbocycles. The molecule has 3 aromatic rings. The zero-order chi connectivity index (χ0) is 30.5. The molecular formula is C32H36F3N3O4. The zero-order valence-corrected chi connectivity index (χ0v) is 23.4. The van der Waals surface area contributed by atoms with Crippen molar-refractivity contribution in [1.29, 1.82) is 0 Å². The molecule has 0 bridgehead atoms. The fraction of sp³-hybridized carbons (Fsp3) is 0.344. The molecule has 3 atom stereocenters. The van der Waals surface area contributed by atoms with E-state index in [1.54, 1.807) is 12.1 Å². The summed E-state index contributed by atoms with van der Waals surface area (Å²) in [5, 5.41) is 16.7. The van der Waals surface area contributed by atoms with E-state index in [1.165, 1.54) is 12.0 Å². The number of nitrogens with one attached hydrogen (secondary N) is 3. The molecule has 10 heteroatoms. The average Bonchev–Trinajstić information content (AvgIpc) is 3.76. The van der Waals surface area contributed by atoms with Crippen molar-refractivity contribution >= 4 is 17.8 Å². The van der Waals surface area contributed by atoms with Gasteiger partial charge in [-0.3, -0.25) is 9.59 Å². The second-order valence-corrected chi connectivity index (χ2v) is 10.2. The fourth-order valence-electron chi connectivity index (χ4n) is 4.37. The summed E-state index contributed by atoms with van der Waals surface area (Å²) in [4.78, 5) is 34.7. The fourth-order valence-corrected chi connectivity index (χ4v) is 4.37. The van der Waals surface area contributed by atoms with Gasteiger partial charge in [0.05, 0.1) is 0 Å². The topological polar surface area (TPSA) is 108 Å². The van der Waals surface area contributed by atoms with E-state index in [0.29, 0.717) is 30.5 Å². The van der Waals surface area contributed by atoms with Gasteiger partial charge in [0.25, 0.3) is 5.91 Å². The number of rotatable bonds is 12. The third-order valence-electron chi connectivity index (χ3n) is 6.83. The highest BCUT2D eigenvalue weighted by Crippen LogP contribution is 2.40. The molecule has 1 unspecified atom stereocenters. The van der Waals surface area contributed by atoms with Gasteiger partial charge in [-0.2, -0.15) is 13.2 Å². The molecule has 0 aliphatic heterocycles. The van der Waals surface area contributed by atoms with Gasteiger partial charge >= 0.3 is 12.1 Å². The van der Waals surface area contributed by atoms with Crippen LogP contribution in [0.15, 0.2) is 84.9 Å². The first-order valence-electron chi connectivity index (χ1n) is 13.8. The Hall–Kier alpha value is -4.18. The van der Waals surface area contributed by atoms with Crippen LogP contribution in [-0.4, -0.2) is 47.7 Å². The smallest absolute Gasteiger partial charge is 0.475 e. The second-order valence-electron chi connectivity index (χ2n) is 10.2. The van der Waals surface area contributed by atoms with Crippen molar-refractivity contribution < 1.29 is 32.7 Å². The van der Waals surface area contributed by atoms with Gasteiger partial charge in [0.15, 0.2) is 0 Å². The maximum absolute atomic E-state index is 13.0. The van der Waals surface area contributed by atoms with Gasteiger partial charge in [-0.15, -0.1) is 0 Å². The highest BCUT2D eigenvalue weighted by Gasteiger charge is 2.38. The molecule has 4 rings (SSSR count). The molecule has 0 radical (unpaired) electrons. The lowest BCUT2D eigenvalue weighted by Crippen LogP contribution is -2.46. The normalized spacial score (nSPS) is 16.4. The highest BCUT2D eigenvalue weighted by molar-refractivity contribution is 5.97. The molecule has 1 fully saturated rings. The largest absolute Gasteiger partial charge is 0.490 e. The number of unbranched alkanes of at least 4 members (excludes halogenated alkanes) is 1. The van der Waals surface area contributed by atoms with Crippen molar-refractivity contribution in [1.82, 2.24) is 16.0 Å². The molecule has 0 spiro atoms. The molecule has 1 aliphatic carbocycles. The number of carbonyl (C=O) groups excluding carboxylic acids is 2. The molecule has 7 nitrogen and oxygen atoms in total. The number of benzene rings is 3. The lowest BCUT2D eigenvalue weighted by atomic mass is 10.1. The summed E-state index contributed by atoms with van der Waals surface area (Å²) in [5.41, 5.74) is 4.10. The first kappa shape index (κ1) is 32.3. The van der Waals surface area contributed by atoms with Crippen LogP contribution in [-0.2, 0) is 16.1 Å². The molecule has 1 aliphatic rings. The number of aryl methyl sites for hydroxylation is 1. The van der Waals surface area contributed by atoms with Crippen LogP contribution in [0, 0.1) is 6.92 Å². The number of alkyl halides is 3. The summed E-state index contributed by atoms with van der Waals surface area (Å²) in [6.07, 6.45) is -1.48. The monoisotopic (exact) mass is 583 g/mol. The van der Waals surface area contributed by atoms with Gasteiger partial charge < -0.3 is 21.1 Å². The summed E-state index contributed by atoms with van der Waals surface area (Å²) >= 11 is 0. The summed E-state index contributed by atoms with van der Waals surface area (Å²) in [6.45, 7) is 3.35. The number of hydrogen-bond acceptors (Lipinski definition) is 4. The number of carboxylic acids is 1. The quantitative estimate of drug-likeness (QED) is 0.215. The summed E-state index contributed by atoms with van der Waals surface area (Å²) in [6, 6.07) is 27.8. The van der Waals surface area contributed by atoms with Gasteiger partial charge in [-0.05, 0) is 62.4 Å². The minimum absolute atomic E-state index is 0.145. The molecule has 0 aromatic heterocycles. The maximum atomic E-state index is 13.0. The van der Waals surface area contributed by atoms with Crippen LogP contribution >= 0.6 is 0 Å².